The molecule has 2 heterocycles. The fourth-order valence-corrected chi connectivity index (χ4v) is 1.98. The SMILES string of the molecule is C/C(Cn1nnc([N+](=O)[O-])n1)=N\NC(=O)Cn1nnc2ccccc21. The van der Waals surface area contributed by atoms with E-state index in [-0.39, 0.29) is 13.1 Å². The predicted octanol–water partition coefficient (Wildman–Crippen LogP) is -0.482. The normalized spacial score (nSPS) is 11.6. The molecule has 1 aromatic carbocycles. The number of rotatable bonds is 6. The number of nitro groups is 1. The van der Waals surface area contributed by atoms with E-state index in [2.05, 4.69) is 36.3 Å². The van der Waals surface area contributed by atoms with Crippen LogP contribution in [0.3, 0.4) is 0 Å². The van der Waals surface area contributed by atoms with Crippen molar-refractivity contribution in [2.75, 3.05) is 0 Å². The smallest absolute Gasteiger partial charge is 0.390 e. The molecule has 128 valence electrons. The van der Waals surface area contributed by atoms with Gasteiger partial charge in [-0.15, -0.1) is 5.10 Å². The fourth-order valence-electron chi connectivity index (χ4n) is 1.98. The summed E-state index contributed by atoms with van der Waals surface area (Å²) >= 11 is 0. The summed E-state index contributed by atoms with van der Waals surface area (Å²) in [7, 11) is 0. The van der Waals surface area contributed by atoms with Crippen LogP contribution >= 0.6 is 0 Å². The number of hydrogen-bond acceptors (Lipinski definition) is 9. The molecule has 0 spiro atoms. The lowest BCUT2D eigenvalue weighted by atomic mass is 10.3. The summed E-state index contributed by atoms with van der Waals surface area (Å²) in [6.45, 7) is 1.61. The van der Waals surface area contributed by atoms with Crippen molar-refractivity contribution in [3.05, 3.63) is 34.4 Å². The molecule has 1 N–H and O–H groups in total. The molecule has 3 aromatic rings. The predicted molar refractivity (Wildman–Crippen MR) is 83.3 cm³/mol. The van der Waals surface area contributed by atoms with Gasteiger partial charge in [0, 0.05) is 5.21 Å². The van der Waals surface area contributed by atoms with Crippen molar-refractivity contribution >= 4 is 28.6 Å². The Balaban J connectivity index is 1.58. The molecule has 3 rings (SSSR count). The van der Waals surface area contributed by atoms with Crippen LogP contribution < -0.4 is 5.43 Å². The van der Waals surface area contributed by atoms with Crippen LogP contribution in [-0.4, -0.2) is 51.7 Å². The molecule has 13 nitrogen and oxygen atoms in total. The first-order chi connectivity index (χ1) is 12.0. The maximum Gasteiger partial charge on any atom is 0.514 e. The Morgan fingerprint density at radius 1 is 1.28 bits per heavy atom. The summed E-state index contributed by atoms with van der Waals surface area (Å²) in [5, 5.41) is 32.6. The second-order valence-electron chi connectivity index (χ2n) is 4.99. The van der Waals surface area contributed by atoms with Crippen LogP contribution in [0.15, 0.2) is 29.4 Å². The average molecular weight is 344 g/mol. The van der Waals surface area contributed by atoms with E-state index in [4.69, 9.17) is 0 Å². The van der Waals surface area contributed by atoms with Crippen molar-refractivity contribution in [3.63, 3.8) is 0 Å². The first kappa shape index (κ1) is 16.1. The maximum atomic E-state index is 12.0. The summed E-state index contributed by atoms with van der Waals surface area (Å²) in [4.78, 5) is 22.7. The van der Waals surface area contributed by atoms with Crippen molar-refractivity contribution in [1.82, 2.24) is 40.6 Å². The third kappa shape index (κ3) is 3.77. The molecule has 2 aromatic heterocycles. The Morgan fingerprint density at radius 2 is 2.08 bits per heavy atom. The maximum absolute atomic E-state index is 12.0. The van der Waals surface area contributed by atoms with E-state index in [0.717, 1.165) is 10.3 Å². The lowest BCUT2D eigenvalue weighted by Crippen LogP contribution is -2.25. The molecule has 0 aliphatic rings. The van der Waals surface area contributed by atoms with Gasteiger partial charge in [0.2, 0.25) is 0 Å². The topological polar surface area (TPSA) is 159 Å². The molecule has 1 amide bonds. The minimum atomic E-state index is -0.750. The molecule has 0 unspecified atom stereocenters. The monoisotopic (exact) mass is 344 g/mol. The quantitative estimate of drug-likeness (QED) is 0.356. The molecule has 0 aliphatic carbocycles. The molecule has 0 aliphatic heterocycles. The van der Waals surface area contributed by atoms with Crippen molar-refractivity contribution in [1.29, 1.82) is 0 Å². The number of tetrazole rings is 1. The molecule has 0 fully saturated rings. The third-order valence-corrected chi connectivity index (χ3v) is 3.06. The van der Waals surface area contributed by atoms with Gasteiger partial charge in [0.15, 0.2) is 0 Å². The van der Waals surface area contributed by atoms with Crippen LogP contribution in [0.25, 0.3) is 11.0 Å². The van der Waals surface area contributed by atoms with Crippen LogP contribution in [0.5, 0.6) is 0 Å². The van der Waals surface area contributed by atoms with E-state index in [1.807, 2.05) is 12.1 Å². The number of aromatic nitrogens is 7. The van der Waals surface area contributed by atoms with E-state index in [9.17, 15) is 14.9 Å². The van der Waals surface area contributed by atoms with Gasteiger partial charge in [0.1, 0.15) is 18.6 Å². The Labute approximate surface area is 139 Å². The third-order valence-electron chi connectivity index (χ3n) is 3.06. The van der Waals surface area contributed by atoms with Crippen molar-refractivity contribution in [3.8, 4) is 0 Å². The van der Waals surface area contributed by atoms with Gasteiger partial charge in [0.05, 0.1) is 21.4 Å². The van der Waals surface area contributed by atoms with Crippen LogP contribution in [-0.2, 0) is 17.9 Å². The first-order valence-corrected chi connectivity index (χ1v) is 7.05. The van der Waals surface area contributed by atoms with E-state index in [1.165, 1.54) is 4.68 Å². The Bertz CT molecular complexity index is 959. The molecular weight excluding hydrogens is 332 g/mol. The molecule has 0 saturated heterocycles. The molecule has 0 radical (unpaired) electrons. The van der Waals surface area contributed by atoms with Gasteiger partial charge >= 0.3 is 5.95 Å². The van der Waals surface area contributed by atoms with Gasteiger partial charge in [-0.25, -0.2) is 10.1 Å². The number of para-hydroxylation sites is 1. The largest absolute Gasteiger partial charge is 0.514 e. The van der Waals surface area contributed by atoms with Crippen molar-refractivity contribution < 1.29 is 9.72 Å². The van der Waals surface area contributed by atoms with E-state index >= 15 is 0 Å². The highest BCUT2D eigenvalue weighted by atomic mass is 16.6. The van der Waals surface area contributed by atoms with Crippen LogP contribution in [0.2, 0.25) is 0 Å². The van der Waals surface area contributed by atoms with Gasteiger partial charge in [0.25, 0.3) is 5.91 Å². The minimum Gasteiger partial charge on any atom is -0.390 e. The number of hydrazone groups is 1. The highest BCUT2D eigenvalue weighted by Gasteiger charge is 2.15. The lowest BCUT2D eigenvalue weighted by molar-refractivity contribution is -0.394. The summed E-state index contributed by atoms with van der Waals surface area (Å²) in [5.74, 6) is -0.998. The zero-order valence-electron chi connectivity index (χ0n) is 13.0. The van der Waals surface area contributed by atoms with Gasteiger partial charge in [-0.05, 0) is 24.0 Å². The number of fused-ring (bicyclic) bond motifs is 1. The Morgan fingerprint density at radius 3 is 2.84 bits per heavy atom. The summed E-state index contributed by atoms with van der Waals surface area (Å²) in [5.41, 5.74) is 4.23. The van der Waals surface area contributed by atoms with Gasteiger partial charge < -0.3 is 10.1 Å². The number of benzene rings is 1. The van der Waals surface area contributed by atoms with Crippen molar-refractivity contribution in [2.24, 2.45) is 5.10 Å². The van der Waals surface area contributed by atoms with Gasteiger partial charge in [-0.3, -0.25) is 4.79 Å². The van der Waals surface area contributed by atoms with Crippen molar-refractivity contribution in [2.45, 2.75) is 20.0 Å². The molecule has 0 bridgehead atoms. The fraction of sp³-hybridized carbons (Fsp3) is 0.250. The van der Waals surface area contributed by atoms with E-state index < -0.39 is 16.8 Å². The number of carbonyl (C=O) groups is 1. The summed E-state index contributed by atoms with van der Waals surface area (Å²) in [6, 6.07) is 7.26. The zero-order chi connectivity index (χ0) is 17.8. The number of hydrogen-bond donors (Lipinski definition) is 1. The second-order valence-corrected chi connectivity index (χ2v) is 4.99. The minimum absolute atomic E-state index is 0.0490. The molecule has 25 heavy (non-hydrogen) atoms. The van der Waals surface area contributed by atoms with Crippen LogP contribution in [0, 0.1) is 10.1 Å². The number of nitrogens with one attached hydrogen (secondary N) is 1. The van der Waals surface area contributed by atoms with E-state index in [1.54, 1.807) is 19.1 Å². The summed E-state index contributed by atoms with van der Waals surface area (Å²) < 4.78 is 1.46. The number of amides is 1. The van der Waals surface area contributed by atoms with Crippen LogP contribution in [0.1, 0.15) is 6.92 Å². The molecule has 0 saturated carbocycles. The number of carbonyl (C=O) groups excluding carboxylic acids is 1. The van der Waals surface area contributed by atoms with Crippen LogP contribution in [0.4, 0.5) is 5.95 Å². The summed E-state index contributed by atoms with van der Waals surface area (Å²) in [6.07, 6.45) is 0. The highest BCUT2D eigenvalue weighted by Crippen LogP contribution is 2.09. The first-order valence-electron chi connectivity index (χ1n) is 7.05. The van der Waals surface area contributed by atoms with Gasteiger partial charge in [-0.2, -0.15) is 5.10 Å². The molecule has 13 heteroatoms. The Kier molecular flexibility index (Phi) is 4.36. The molecule has 0 atom stereocenters. The standard InChI is InChI=1S/C12H12N10O3/c1-8(6-21-17-12(16-19-21)22(24)25)13-15-11(23)7-20-10-5-3-2-4-9(10)14-18-20/h2-5H,6-7H2,1H3,(H,15,23)/b13-8+. The number of nitrogens with zero attached hydrogens (tertiary/aromatic N) is 9. The second kappa shape index (κ2) is 6.77. The molecular formula is C12H12N10O3. The average Bonchev–Trinajstić information content (AvgIpc) is 3.21. The highest BCUT2D eigenvalue weighted by molar-refractivity contribution is 5.84. The Hall–Kier alpha value is -3.77. The lowest BCUT2D eigenvalue weighted by Gasteiger charge is -2.02. The van der Waals surface area contributed by atoms with Gasteiger partial charge in [-0.1, -0.05) is 22.1 Å². The van der Waals surface area contributed by atoms with E-state index in [0.29, 0.717) is 11.2 Å². The zero-order valence-corrected chi connectivity index (χ0v) is 13.0.